The third kappa shape index (κ3) is 7.25. The largest absolute Gasteiger partial charge is 0.484 e. The lowest BCUT2D eigenvalue weighted by Gasteiger charge is -2.12. The summed E-state index contributed by atoms with van der Waals surface area (Å²) < 4.78 is 78.5. The molecule has 0 fully saturated rings. The van der Waals surface area contributed by atoms with E-state index in [0.29, 0.717) is 12.5 Å². The Hall–Kier alpha value is -2.50. The Balaban J connectivity index is 1.81. The average molecular weight is 426 g/mol. The predicted molar refractivity (Wildman–Crippen MR) is 92.1 cm³/mol. The maximum absolute atomic E-state index is 12.5. The van der Waals surface area contributed by atoms with Crippen molar-refractivity contribution in [3.05, 3.63) is 45.9 Å². The van der Waals surface area contributed by atoms with Crippen molar-refractivity contribution in [1.82, 2.24) is 15.6 Å². The van der Waals surface area contributed by atoms with Crippen LogP contribution in [-0.2, 0) is 19.3 Å². The summed E-state index contributed by atoms with van der Waals surface area (Å²) in [7, 11) is 1.49. The lowest BCUT2D eigenvalue weighted by molar-refractivity contribution is -0.153. The smallest absolute Gasteiger partial charge is 0.434 e. The molecule has 2 N–H and O–H groups in total. The molecule has 12 heteroatoms. The average Bonchev–Trinajstić information content (AvgIpc) is 3.10. The van der Waals surface area contributed by atoms with Gasteiger partial charge in [-0.05, 0) is 17.7 Å². The fourth-order valence-electron chi connectivity index (χ4n) is 1.96. The quantitative estimate of drug-likeness (QED) is 0.417. The zero-order chi connectivity index (χ0) is 20.8. The Labute approximate surface area is 160 Å². The summed E-state index contributed by atoms with van der Waals surface area (Å²) in [5.74, 6) is 0.425. The van der Waals surface area contributed by atoms with Crippen LogP contribution < -0.4 is 15.4 Å². The van der Waals surface area contributed by atoms with Crippen molar-refractivity contribution in [2.75, 3.05) is 13.7 Å². The molecule has 0 atom stereocenters. The Kier molecular flexibility index (Phi) is 7.11. The highest BCUT2D eigenvalue weighted by Gasteiger charge is 2.33. The van der Waals surface area contributed by atoms with E-state index in [1.807, 2.05) is 0 Å². The van der Waals surface area contributed by atoms with Crippen molar-refractivity contribution >= 4 is 17.3 Å². The van der Waals surface area contributed by atoms with Gasteiger partial charge in [0.15, 0.2) is 18.3 Å². The summed E-state index contributed by atoms with van der Waals surface area (Å²) in [5.41, 5.74) is -0.194. The van der Waals surface area contributed by atoms with Crippen LogP contribution in [0.5, 0.6) is 5.75 Å². The van der Waals surface area contributed by atoms with Crippen molar-refractivity contribution in [1.29, 1.82) is 0 Å². The number of rotatable bonds is 6. The number of nitrogens with zero attached hydrogens (tertiary/aromatic N) is 2. The third-order valence-corrected chi connectivity index (χ3v) is 4.11. The second-order valence-electron chi connectivity index (χ2n) is 5.45. The van der Waals surface area contributed by atoms with E-state index in [0.717, 1.165) is 22.3 Å². The van der Waals surface area contributed by atoms with Gasteiger partial charge in [0.1, 0.15) is 10.8 Å². The van der Waals surface area contributed by atoms with Gasteiger partial charge in [-0.3, -0.25) is 4.99 Å². The Morgan fingerprint density at radius 1 is 1.07 bits per heavy atom. The minimum Gasteiger partial charge on any atom is -0.484 e. The molecule has 28 heavy (non-hydrogen) atoms. The van der Waals surface area contributed by atoms with Gasteiger partial charge in [0.25, 0.3) is 0 Å². The first-order valence-corrected chi connectivity index (χ1v) is 8.69. The highest BCUT2D eigenvalue weighted by atomic mass is 32.1. The molecular weight excluding hydrogens is 410 g/mol. The monoisotopic (exact) mass is 426 g/mol. The van der Waals surface area contributed by atoms with E-state index in [1.54, 1.807) is 12.1 Å². The summed E-state index contributed by atoms with van der Waals surface area (Å²) >= 11 is 0.881. The van der Waals surface area contributed by atoms with Crippen molar-refractivity contribution in [3.8, 4) is 5.75 Å². The lowest BCUT2D eigenvalue weighted by Crippen LogP contribution is -2.36. The Morgan fingerprint density at radius 3 is 2.25 bits per heavy atom. The van der Waals surface area contributed by atoms with E-state index in [-0.39, 0.29) is 17.3 Å². The van der Waals surface area contributed by atoms with Crippen molar-refractivity contribution < 1.29 is 31.1 Å². The molecule has 5 nitrogen and oxygen atoms in total. The SMILES string of the molecule is CN=C(NCc1ccc(OCC(F)(F)F)cc1)NCc1nc(C(F)(F)F)cs1. The van der Waals surface area contributed by atoms with Crippen LogP contribution in [-0.4, -0.2) is 30.8 Å². The predicted octanol–water partition coefficient (Wildman–Crippen LogP) is 3.97. The fraction of sp³-hybridized carbons (Fsp3) is 0.375. The van der Waals surface area contributed by atoms with Gasteiger partial charge in [-0.1, -0.05) is 12.1 Å². The van der Waals surface area contributed by atoms with E-state index in [9.17, 15) is 26.3 Å². The van der Waals surface area contributed by atoms with Crippen LogP contribution in [0.1, 0.15) is 16.3 Å². The maximum Gasteiger partial charge on any atom is 0.434 e. The summed E-state index contributed by atoms with van der Waals surface area (Å²) in [6.45, 7) is -1.01. The number of ether oxygens (including phenoxy) is 1. The van der Waals surface area contributed by atoms with Gasteiger partial charge in [-0.15, -0.1) is 11.3 Å². The van der Waals surface area contributed by atoms with Gasteiger partial charge in [0.05, 0.1) is 6.54 Å². The number of nitrogens with one attached hydrogen (secondary N) is 2. The molecular formula is C16H16F6N4OS. The molecule has 1 aromatic carbocycles. The normalized spacial score (nSPS) is 12.8. The van der Waals surface area contributed by atoms with Crippen LogP contribution >= 0.6 is 11.3 Å². The van der Waals surface area contributed by atoms with Crippen molar-refractivity contribution in [2.45, 2.75) is 25.4 Å². The van der Waals surface area contributed by atoms with Crippen LogP contribution in [0.3, 0.4) is 0 Å². The van der Waals surface area contributed by atoms with Crippen LogP contribution in [0.25, 0.3) is 0 Å². The minimum atomic E-state index is -4.48. The van der Waals surface area contributed by atoms with E-state index in [4.69, 9.17) is 0 Å². The summed E-state index contributed by atoms with van der Waals surface area (Å²) in [4.78, 5) is 7.45. The highest BCUT2D eigenvalue weighted by molar-refractivity contribution is 7.09. The maximum atomic E-state index is 12.5. The molecule has 0 spiro atoms. The molecule has 1 heterocycles. The third-order valence-electron chi connectivity index (χ3n) is 3.26. The van der Waals surface area contributed by atoms with Gasteiger partial charge in [-0.2, -0.15) is 26.3 Å². The molecule has 0 aliphatic carbocycles. The molecule has 0 aliphatic heterocycles. The molecule has 0 aliphatic rings. The Morgan fingerprint density at radius 2 is 1.71 bits per heavy atom. The fourth-order valence-corrected chi connectivity index (χ4v) is 2.70. The van der Waals surface area contributed by atoms with Gasteiger partial charge >= 0.3 is 12.4 Å². The van der Waals surface area contributed by atoms with Gasteiger partial charge < -0.3 is 15.4 Å². The number of aromatic nitrogens is 1. The molecule has 1 aromatic heterocycles. The molecule has 0 amide bonds. The van der Waals surface area contributed by atoms with Gasteiger partial charge in [0.2, 0.25) is 0 Å². The number of thiazole rings is 1. The molecule has 154 valence electrons. The van der Waals surface area contributed by atoms with Crippen LogP contribution in [0, 0.1) is 0 Å². The second kappa shape index (κ2) is 9.13. The zero-order valence-corrected chi connectivity index (χ0v) is 15.3. The van der Waals surface area contributed by atoms with Gasteiger partial charge in [0, 0.05) is 19.0 Å². The van der Waals surface area contributed by atoms with Crippen molar-refractivity contribution in [2.24, 2.45) is 4.99 Å². The lowest BCUT2D eigenvalue weighted by atomic mass is 10.2. The highest BCUT2D eigenvalue weighted by Crippen LogP contribution is 2.29. The number of hydrogen-bond donors (Lipinski definition) is 2. The first-order valence-electron chi connectivity index (χ1n) is 7.81. The molecule has 2 aromatic rings. The first-order chi connectivity index (χ1) is 13.1. The zero-order valence-electron chi connectivity index (χ0n) is 14.5. The van der Waals surface area contributed by atoms with Crippen LogP contribution in [0.15, 0.2) is 34.6 Å². The molecule has 0 saturated heterocycles. The summed E-state index contributed by atoms with van der Waals surface area (Å²) in [6, 6.07) is 5.99. The second-order valence-corrected chi connectivity index (χ2v) is 6.39. The first kappa shape index (κ1) is 21.8. The molecule has 0 bridgehead atoms. The van der Waals surface area contributed by atoms with Crippen LogP contribution in [0.2, 0.25) is 0 Å². The number of guanidine groups is 1. The number of alkyl halides is 6. The van der Waals surface area contributed by atoms with E-state index >= 15 is 0 Å². The summed E-state index contributed by atoms with van der Waals surface area (Å²) in [5, 5.41) is 6.97. The van der Waals surface area contributed by atoms with E-state index in [2.05, 4.69) is 25.3 Å². The topological polar surface area (TPSA) is 58.5 Å². The number of benzene rings is 1. The number of halogens is 6. The van der Waals surface area contributed by atoms with E-state index < -0.39 is 24.7 Å². The van der Waals surface area contributed by atoms with Gasteiger partial charge in [-0.25, -0.2) is 4.98 Å². The Bertz CT molecular complexity index is 786. The molecule has 0 saturated carbocycles. The molecule has 0 unspecified atom stereocenters. The standard InChI is InChI=1S/C16H16F6N4OS/c1-23-14(25-7-13-26-12(8-28-13)16(20,21)22)24-6-10-2-4-11(5-3-10)27-9-15(17,18)19/h2-5,8H,6-7,9H2,1H3,(H2,23,24,25). The summed E-state index contributed by atoms with van der Waals surface area (Å²) in [6.07, 6.45) is -8.89. The minimum absolute atomic E-state index is 0.0602. The number of aliphatic imine (C=N–C) groups is 1. The van der Waals surface area contributed by atoms with E-state index in [1.165, 1.54) is 19.2 Å². The van der Waals surface area contributed by atoms with Crippen LogP contribution in [0.4, 0.5) is 26.3 Å². The van der Waals surface area contributed by atoms with Crippen molar-refractivity contribution in [3.63, 3.8) is 0 Å². The molecule has 0 radical (unpaired) electrons. The number of hydrogen-bond acceptors (Lipinski definition) is 4. The molecule has 2 rings (SSSR count).